The van der Waals surface area contributed by atoms with E-state index in [0.29, 0.717) is 11.3 Å². The average Bonchev–Trinajstić information content (AvgIpc) is 2.93. The lowest BCUT2D eigenvalue weighted by atomic mass is 10.1. The Labute approximate surface area is 101 Å². The molecule has 7 nitrogen and oxygen atoms in total. The third-order valence-corrected chi connectivity index (χ3v) is 3.06. The molecule has 1 unspecified atom stereocenters. The van der Waals surface area contributed by atoms with Gasteiger partial charge in [0.2, 0.25) is 5.91 Å². The molecule has 0 aliphatic carbocycles. The number of aromatic amines is 1. The van der Waals surface area contributed by atoms with Gasteiger partial charge >= 0.3 is 5.97 Å². The second kappa shape index (κ2) is 3.80. The lowest BCUT2D eigenvalue weighted by molar-refractivity contribution is -0.141. The second-order valence-electron chi connectivity index (χ2n) is 4.24. The van der Waals surface area contributed by atoms with Crippen LogP contribution in [-0.4, -0.2) is 38.7 Å². The van der Waals surface area contributed by atoms with Gasteiger partial charge in [0.25, 0.3) is 0 Å². The predicted octanol–water partition coefficient (Wildman–Crippen LogP) is 0.395. The van der Waals surface area contributed by atoms with Crippen molar-refractivity contribution >= 4 is 28.6 Å². The summed E-state index contributed by atoms with van der Waals surface area (Å²) in [7, 11) is 0. The van der Waals surface area contributed by atoms with Crippen molar-refractivity contribution < 1.29 is 14.7 Å². The molecule has 7 heteroatoms. The van der Waals surface area contributed by atoms with Gasteiger partial charge in [-0.2, -0.15) is 5.10 Å². The first-order chi connectivity index (χ1) is 8.65. The van der Waals surface area contributed by atoms with E-state index in [1.54, 1.807) is 18.5 Å². The first-order valence-electron chi connectivity index (χ1n) is 5.47. The van der Waals surface area contributed by atoms with Gasteiger partial charge in [-0.1, -0.05) is 0 Å². The highest BCUT2D eigenvalue weighted by atomic mass is 16.4. The molecule has 2 aromatic rings. The standard InChI is InChI=1S/C11H10N4O3/c16-9-2-7(11(17)18)5-15(9)8-1-6-3-13-14-10(6)12-4-8/h1,3-4,7H,2,5H2,(H,17,18)(H,12,13,14). The number of aromatic nitrogens is 3. The van der Waals surface area contributed by atoms with Crippen LogP contribution in [0.25, 0.3) is 11.0 Å². The molecule has 1 fully saturated rings. The molecule has 1 aliphatic rings. The maximum absolute atomic E-state index is 11.8. The van der Waals surface area contributed by atoms with Crippen molar-refractivity contribution in [2.24, 2.45) is 5.92 Å². The van der Waals surface area contributed by atoms with Crippen LogP contribution >= 0.6 is 0 Å². The van der Waals surface area contributed by atoms with Crippen molar-refractivity contribution in [1.82, 2.24) is 15.2 Å². The number of nitrogens with one attached hydrogen (secondary N) is 1. The number of carbonyl (C=O) groups excluding carboxylic acids is 1. The monoisotopic (exact) mass is 246 g/mol. The van der Waals surface area contributed by atoms with Crippen LogP contribution in [0.15, 0.2) is 18.5 Å². The van der Waals surface area contributed by atoms with Gasteiger partial charge in [-0.3, -0.25) is 14.7 Å². The Kier molecular flexibility index (Phi) is 2.26. The summed E-state index contributed by atoms with van der Waals surface area (Å²) in [6, 6.07) is 1.77. The lowest BCUT2D eigenvalue weighted by Gasteiger charge is -2.15. The third kappa shape index (κ3) is 1.60. The van der Waals surface area contributed by atoms with Crippen molar-refractivity contribution in [3.63, 3.8) is 0 Å². The molecule has 1 saturated heterocycles. The number of nitrogens with zero attached hydrogens (tertiary/aromatic N) is 3. The van der Waals surface area contributed by atoms with Gasteiger partial charge in [0, 0.05) is 18.4 Å². The van der Waals surface area contributed by atoms with Crippen molar-refractivity contribution in [1.29, 1.82) is 0 Å². The minimum atomic E-state index is -0.941. The molecule has 92 valence electrons. The van der Waals surface area contributed by atoms with E-state index in [1.165, 1.54) is 4.90 Å². The Morgan fingerprint density at radius 3 is 3.06 bits per heavy atom. The van der Waals surface area contributed by atoms with Crippen LogP contribution in [-0.2, 0) is 9.59 Å². The predicted molar refractivity (Wildman–Crippen MR) is 62.0 cm³/mol. The number of fused-ring (bicyclic) bond motifs is 1. The number of H-pyrrole nitrogens is 1. The number of rotatable bonds is 2. The number of aliphatic carboxylic acids is 1. The summed E-state index contributed by atoms with van der Waals surface area (Å²) >= 11 is 0. The van der Waals surface area contributed by atoms with Gasteiger partial charge in [-0.05, 0) is 6.07 Å². The van der Waals surface area contributed by atoms with Crippen LogP contribution in [0, 0.1) is 5.92 Å². The Morgan fingerprint density at radius 2 is 2.33 bits per heavy atom. The molecular weight excluding hydrogens is 236 g/mol. The molecule has 2 aromatic heterocycles. The number of pyridine rings is 1. The summed E-state index contributed by atoms with van der Waals surface area (Å²) in [5.41, 5.74) is 1.25. The van der Waals surface area contributed by atoms with Gasteiger partial charge in [0.15, 0.2) is 5.65 Å². The van der Waals surface area contributed by atoms with E-state index in [4.69, 9.17) is 5.11 Å². The quantitative estimate of drug-likeness (QED) is 0.798. The van der Waals surface area contributed by atoms with E-state index in [2.05, 4.69) is 15.2 Å². The molecule has 0 radical (unpaired) electrons. The van der Waals surface area contributed by atoms with Crippen molar-refractivity contribution in [2.45, 2.75) is 6.42 Å². The molecule has 0 spiro atoms. The summed E-state index contributed by atoms with van der Waals surface area (Å²) in [6.45, 7) is 0.194. The topological polar surface area (TPSA) is 99.2 Å². The molecule has 3 rings (SSSR count). The summed E-state index contributed by atoms with van der Waals surface area (Å²) in [6.07, 6.45) is 3.20. The van der Waals surface area contributed by atoms with Gasteiger partial charge in [0.1, 0.15) is 0 Å². The molecule has 2 N–H and O–H groups in total. The van der Waals surface area contributed by atoms with E-state index in [-0.39, 0.29) is 18.9 Å². The van der Waals surface area contributed by atoms with Crippen LogP contribution in [0.2, 0.25) is 0 Å². The summed E-state index contributed by atoms with van der Waals surface area (Å²) in [5.74, 6) is -1.77. The molecule has 18 heavy (non-hydrogen) atoms. The zero-order valence-corrected chi connectivity index (χ0v) is 9.33. The third-order valence-electron chi connectivity index (χ3n) is 3.06. The minimum absolute atomic E-state index is 0.0404. The van der Waals surface area contributed by atoms with Gasteiger partial charge < -0.3 is 10.0 Å². The summed E-state index contributed by atoms with van der Waals surface area (Å²) < 4.78 is 0. The maximum atomic E-state index is 11.8. The zero-order chi connectivity index (χ0) is 12.7. The number of carbonyl (C=O) groups is 2. The number of anilines is 1. The summed E-state index contributed by atoms with van der Waals surface area (Å²) in [4.78, 5) is 28.2. The molecule has 1 aliphatic heterocycles. The first-order valence-corrected chi connectivity index (χ1v) is 5.47. The van der Waals surface area contributed by atoms with Gasteiger partial charge in [0.05, 0.1) is 24.0 Å². The van der Waals surface area contributed by atoms with Crippen LogP contribution in [0.1, 0.15) is 6.42 Å². The maximum Gasteiger partial charge on any atom is 0.308 e. The van der Waals surface area contributed by atoms with Gasteiger partial charge in [-0.15, -0.1) is 0 Å². The summed E-state index contributed by atoms with van der Waals surface area (Å²) in [5, 5.41) is 16.3. The number of hydrogen-bond acceptors (Lipinski definition) is 4. The average molecular weight is 246 g/mol. The van der Waals surface area contributed by atoms with E-state index >= 15 is 0 Å². The highest BCUT2D eigenvalue weighted by Crippen LogP contribution is 2.26. The van der Waals surface area contributed by atoms with Crippen molar-refractivity contribution in [2.75, 3.05) is 11.4 Å². The first kappa shape index (κ1) is 10.7. The van der Waals surface area contributed by atoms with Crippen molar-refractivity contribution in [3.8, 4) is 0 Å². The van der Waals surface area contributed by atoms with E-state index in [0.717, 1.165) is 5.39 Å². The lowest BCUT2D eigenvalue weighted by Crippen LogP contribution is -2.25. The van der Waals surface area contributed by atoms with E-state index in [9.17, 15) is 9.59 Å². The highest BCUT2D eigenvalue weighted by molar-refractivity contribution is 6.00. The second-order valence-corrected chi connectivity index (χ2v) is 4.24. The van der Waals surface area contributed by atoms with Crippen LogP contribution < -0.4 is 4.90 Å². The minimum Gasteiger partial charge on any atom is -0.481 e. The van der Waals surface area contributed by atoms with Crippen molar-refractivity contribution in [3.05, 3.63) is 18.5 Å². The molecular formula is C11H10N4O3. The Bertz CT molecular complexity index is 636. The van der Waals surface area contributed by atoms with Crippen LogP contribution in [0.4, 0.5) is 5.69 Å². The van der Waals surface area contributed by atoms with Crippen LogP contribution in [0.3, 0.4) is 0 Å². The van der Waals surface area contributed by atoms with E-state index < -0.39 is 11.9 Å². The number of carboxylic acid groups (broad SMARTS) is 1. The highest BCUT2D eigenvalue weighted by Gasteiger charge is 2.35. The molecule has 3 heterocycles. The van der Waals surface area contributed by atoms with E-state index in [1.807, 2.05) is 0 Å². The smallest absolute Gasteiger partial charge is 0.308 e. The Morgan fingerprint density at radius 1 is 1.50 bits per heavy atom. The molecule has 0 bridgehead atoms. The largest absolute Gasteiger partial charge is 0.481 e. The Balaban J connectivity index is 1.94. The molecule has 0 aromatic carbocycles. The fourth-order valence-electron chi connectivity index (χ4n) is 2.10. The molecule has 1 amide bonds. The fourth-order valence-corrected chi connectivity index (χ4v) is 2.10. The molecule has 1 atom stereocenters. The number of hydrogen-bond donors (Lipinski definition) is 2. The zero-order valence-electron chi connectivity index (χ0n) is 9.33. The van der Waals surface area contributed by atoms with Gasteiger partial charge in [-0.25, -0.2) is 4.98 Å². The number of carboxylic acids is 1. The molecule has 0 saturated carbocycles. The van der Waals surface area contributed by atoms with Crippen LogP contribution in [0.5, 0.6) is 0 Å². The SMILES string of the molecule is O=C(O)C1CC(=O)N(c2cnc3[nH]ncc3c2)C1. The fraction of sp³-hybridized carbons (Fsp3) is 0.273. The number of amides is 1. The Hall–Kier alpha value is -2.44. The normalized spacial score (nSPS) is 19.7.